The van der Waals surface area contributed by atoms with Crippen molar-refractivity contribution in [3.05, 3.63) is 47.7 Å². The molecule has 1 aliphatic heterocycles. The van der Waals surface area contributed by atoms with Crippen LogP contribution < -0.4 is 4.74 Å². The van der Waals surface area contributed by atoms with Crippen molar-refractivity contribution >= 4 is 17.7 Å². The summed E-state index contributed by atoms with van der Waals surface area (Å²) in [6.45, 7) is 3.07. The Bertz CT molecular complexity index is 686. The number of hydrogen-bond donors (Lipinski definition) is 1. The fourth-order valence-corrected chi connectivity index (χ4v) is 3.81. The molecule has 1 N–H and O–H groups in total. The number of carboxylic acid groups (broad SMARTS) is 1. The molecule has 128 valence electrons. The van der Waals surface area contributed by atoms with Crippen LogP contribution in [0.15, 0.2) is 35.1 Å². The van der Waals surface area contributed by atoms with Gasteiger partial charge in [0.25, 0.3) is 0 Å². The Morgan fingerprint density at radius 2 is 2.25 bits per heavy atom. The number of hydrogen-bond acceptors (Lipinski definition) is 6. The molecular formula is C17H20N2O4S. The van der Waals surface area contributed by atoms with Crippen molar-refractivity contribution < 1.29 is 19.1 Å². The van der Waals surface area contributed by atoms with Gasteiger partial charge in [0, 0.05) is 24.6 Å². The SMILES string of the molecule is Cc1ocnc1CCOc1ccc(CN2CSCC2C(=O)O)cc1. The molecule has 24 heavy (non-hydrogen) atoms. The first-order chi connectivity index (χ1) is 11.6. The molecule has 0 amide bonds. The van der Waals surface area contributed by atoms with E-state index in [1.807, 2.05) is 36.1 Å². The second-order valence-electron chi connectivity index (χ2n) is 5.70. The smallest absolute Gasteiger partial charge is 0.321 e. The summed E-state index contributed by atoms with van der Waals surface area (Å²) in [6.07, 6.45) is 2.15. The highest BCUT2D eigenvalue weighted by Gasteiger charge is 2.30. The van der Waals surface area contributed by atoms with Gasteiger partial charge in [0.1, 0.15) is 17.6 Å². The number of aliphatic carboxylic acids is 1. The predicted octanol–water partition coefficient (Wildman–Crippen LogP) is 2.56. The van der Waals surface area contributed by atoms with Gasteiger partial charge in [-0.1, -0.05) is 12.1 Å². The standard InChI is InChI=1S/C17H20N2O4S/c1-12-15(18-10-23-12)6-7-22-14-4-2-13(3-5-14)8-19-11-24-9-16(19)17(20)21/h2-5,10,16H,6-9,11H2,1H3,(H,20,21). The molecule has 1 atom stereocenters. The van der Waals surface area contributed by atoms with Gasteiger partial charge in [-0.05, 0) is 24.6 Å². The molecular weight excluding hydrogens is 328 g/mol. The van der Waals surface area contributed by atoms with Crippen molar-refractivity contribution in [1.29, 1.82) is 0 Å². The van der Waals surface area contributed by atoms with Crippen molar-refractivity contribution in [2.24, 2.45) is 0 Å². The van der Waals surface area contributed by atoms with E-state index >= 15 is 0 Å². The number of rotatable bonds is 7. The lowest BCUT2D eigenvalue weighted by Gasteiger charge is -2.20. The van der Waals surface area contributed by atoms with Crippen LogP contribution in [-0.4, -0.2) is 45.2 Å². The summed E-state index contributed by atoms with van der Waals surface area (Å²) >= 11 is 1.66. The molecule has 7 heteroatoms. The van der Waals surface area contributed by atoms with Crippen LogP contribution in [0.25, 0.3) is 0 Å². The maximum atomic E-state index is 11.2. The van der Waals surface area contributed by atoms with Crippen molar-refractivity contribution in [3.8, 4) is 5.75 Å². The minimum atomic E-state index is -0.747. The van der Waals surface area contributed by atoms with Crippen molar-refractivity contribution in [2.45, 2.75) is 25.9 Å². The van der Waals surface area contributed by atoms with E-state index in [-0.39, 0.29) is 0 Å². The molecule has 1 aromatic heterocycles. The lowest BCUT2D eigenvalue weighted by Crippen LogP contribution is -2.37. The average molecular weight is 348 g/mol. The van der Waals surface area contributed by atoms with E-state index in [2.05, 4.69) is 4.98 Å². The van der Waals surface area contributed by atoms with Gasteiger partial charge >= 0.3 is 5.97 Å². The zero-order chi connectivity index (χ0) is 16.9. The van der Waals surface area contributed by atoms with E-state index in [4.69, 9.17) is 9.15 Å². The Labute approximate surface area is 144 Å². The number of benzene rings is 1. The third-order valence-corrected chi connectivity index (χ3v) is 5.09. The lowest BCUT2D eigenvalue weighted by molar-refractivity contribution is -0.141. The molecule has 1 saturated heterocycles. The van der Waals surface area contributed by atoms with E-state index in [0.717, 1.165) is 28.6 Å². The summed E-state index contributed by atoms with van der Waals surface area (Å²) in [5.74, 6) is 2.28. The first-order valence-corrected chi connectivity index (χ1v) is 8.94. The van der Waals surface area contributed by atoms with Crippen LogP contribution in [0, 0.1) is 6.92 Å². The third kappa shape index (κ3) is 4.10. The van der Waals surface area contributed by atoms with Crippen LogP contribution in [0.2, 0.25) is 0 Å². The maximum Gasteiger partial charge on any atom is 0.321 e. The van der Waals surface area contributed by atoms with Gasteiger partial charge in [-0.25, -0.2) is 4.98 Å². The summed E-state index contributed by atoms with van der Waals surface area (Å²) < 4.78 is 10.9. The second-order valence-corrected chi connectivity index (χ2v) is 6.70. The minimum Gasteiger partial charge on any atom is -0.493 e. The van der Waals surface area contributed by atoms with Gasteiger partial charge in [0.05, 0.1) is 12.3 Å². The molecule has 1 fully saturated rings. The fourth-order valence-electron chi connectivity index (χ4n) is 2.62. The summed E-state index contributed by atoms with van der Waals surface area (Å²) in [5.41, 5.74) is 2.00. The summed E-state index contributed by atoms with van der Waals surface area (Å²) in [5, 5.41) is 9.21. The Morgan fingerprint density at radius 3 is 2.92 bits per heavy atom. The number of thioether (sulfide) groups is 1. The number of carbonyl (C=O) groups is 1. The van der Waals surface area contributed by atoms with Gasteiger partial charge in [0.15, 0.2) is 6.39 Å². The monoisotopic (exact) mass is 348 g/mol. The van der Waals surface area contributed by atoms with E-state index in [1.54, 1.807) is 11.8 Å². The molecule has 1 aromatic carbocycles. The number of nitrogens with zero attached hydrogens (tertiary/aromatic N) is 2. The van der Waals surface area contributed by atoms with Crippen LogP contribution in [0.4, 0.5) is 0 Å². The molecule has 0 aliphatic carbocycles. The van der Waals surface area contributed by atoms with Gasteiger partial charge in [-0.2, -0.15) is 0 Å². The largest absolute Gasteiger partial charge is 0.493 e. The van der Waals surface area contributed by atoms with Crippen molar-refractivity contribution in [2.75, 3.05) is 18.2 Å². The van der Waals surface area contributed by atoms with Crippen molar-refractivity contribution in [1.82, 2.24) is 9.88 Å². The number of carboxylic acids is 1. The van der Waals surface area contributed by atoms with Gasteiger partial charge in [-0.15, -0.1) is 11.8 Å². The van der Waals surface area contributed by atoms with Crippen LogP contribution in [0.5, 0.6) is 5.75 Å². The highest BCUT2D eigenvalue weighted by atomic mass is 32.2. The van der Waals surface area contributed by atoms with Crippen LogP contribution in [0.3, 0.4) is 0 Å². The summed E-state index contributed by atoms with van der Waals surface area (Å²) in [7, 11) is 0. The van der Waals surface area contributed by atoms with E-state index in [1.165, 1.54) is 6.39 Å². The van der Waals surface area contributed by atoms with E-state index in [0.29, 0.717) is 25.3 Å². The molecule has 0 radical (unpaired) electrons. The molecule has 0 bridgehead atoms. The first-order valence-electron chi connectivity index (χ1n) is 7.79. The first kappa shape index (κ1) is 16.9. The summed E-state index contributed by atoms with van der Waals surface area (Å²) in [6, 6.07) is 7.42. The highest BCUT2D eigenvalue weighted by Crippen LogP contribution is 2.24. The molecule has 2 heterocycles. The third-order valence-electron chi connectivity index (χ3n) is 4.02. The Morgan fingerprint density at radius 1 is 1.46 bits per heavy atom. The zero-order valence-electron chi connectivity index (χ0n) is 13.5. The summed E-state index contributed by atoms with van der Waals surface area (Å²) in [4.78, 5) is 17.3. The van der Waals surface area contributed by atoms with Crippen LogP contribution >= 0.6 is 11.8 Å². The van der Waals surface area contributed by atoms with Gasteiger partial charge < -0.3 is 14.3 Å². The number of aromatic nitrogens is 1. The molecule has 6 nitrogen and oxygen atoms in total. The van der Waals surface area contributed by atoms with E-state index in [9.17, 15) is 9.90 Å². The zero-order valence-corrected chi connectivity index (χ0v) is 14.3. The van der Waals surface area contributed by atoms with Gasteiger partial charge in [-0.3, -0.25) is 9.69 Å². The van der Waals surface area contributed by atoms with Gasteiger partial charge in [0.2, 0.25) is 0 Å². The topological polar surface area (TPSA) is 75.8 Å². The molecule has 2 aromatic rings. The maximum absolute atomic E-state index is 11.2. The van der Waals surface area contributed by atoms with Crippen LogP contribution in [0.1, 0.15) is 17.0 Å². The Balaban J connectivity index is 1.50. The normalized spacial score (nSPS) is 18.0. The molecule has 0 spiro atoms. The van der Waals surface area contributed by atoms with Crippen molar-refractivity contribution in [3.63, 3.8) is 0 Å². The Kier molecular flexibility index (Phi) is 5.42. The molecule has 0 saturated carbocycles. The van der Waals surface area contributed by atoms with Crippen LogP contribution in [-0.2, 0) is 17.8 Å². The predicted molar refractivity (Wildman–Crippen MR) is 91.2 cm³/mol. The average Bonchev–Trinajstić information content (AvgIpc) is 3.18. The Hall–Kier alpha value is -1.99. The van der Waals surface area contributed by atoms with E-state index < -0.39 is 12.0 Å². The highest BCUT2D eigenvalue weighted by molar-refractivity contribution is 7.99. The quantitative estimate of drug-likeness (QED) is 0.824. The lowest BCUT2D eigenvalue weighted by atomic mass is 10.2. The molecule has 1 unspecified atom stereocenters. The number of oxazole rings is 1. The minimum absolute atomic E-state index is 0.392. The number of ether oxygens (including phenoxy) is 1. The molecule has 1 aliphatic rings. The fraction of sp³-hybridized carbons (Fsp3) is 0.412. The number of aryl methyl sites for hydroxylation is 1. The molecule has 3 rings (SSSR count). The second kappa shape index (κ2) is 7.72.